The molecule has 5 heteroatoms. The number of methoxy groups -OCH3 is 1. The van der Waals surface area contributed by atoms with Crippen LogP contribution in [0, 0.1) is 6.92 Å². The zero-order valence-corrected chi connectivity index (χ0v) is 13.1. The molecule has 0 saturated heterocycles. The van der Waals surface area contributed by atoms with Crippen LogP contribution in [-0.4, -0.2) is 24.7 Å². The van der Waals surface area contributed by atoms with E-state index in [2.05, 4.69) is 5.32 Å². The van der Waals surface area contributed by atoms with Gasteiger partial charge in [-0.05, 0) is 43.7 Å². The van der Waals surface area contributed by atoms with Crippen molar-refractivity contribution in [3.05, 3.63) is 53.5 Å². The fraction of sp³-hybridized carbons (Fsp3) is 0.353. The average Bonchev–Trinajstić information content (AvgIpc) is 2.94. The van der Waals surface area contributed by atoms with Crippen LogP contribution in [0.2, 0.25) is 0 Å². The standard InChI is InChI=1S/C17H21NO4/c1-12-4-9-15(22-12)17(2,20)11-18-16(19)10-13-5-7-14(21-3)8-6-13/h4-9,20H,10-11H2,1-3H3,(H,18,19)/t17-/m1/s1. The molecule has 118 valence electrons. The van der Waals surface area contributed by atoms with Crippen LogP contribution in [0.3, 0.4) is 0 Å². The molecule has 5 nitrogen and oxygen atoms in total. The summed E-state index contributed by atoms with van der Waals surface area (Å²) in [5.41, 5.74) is -0.351. The molecule has 0 radical (unpaired) electrons. The van der Waals surface area contributed by atoms with Crippen molar-refractivity contribution in [3.63, 3.8) is 0 Å². The molecule has 0 bridgehead atoms. The van der Waals surface area contributed by atoms with Gasteiger partial charge in [-0.3, -0.25) is 4.79 Å². The Bertz CT molecular complexity index is 628. The monoisotopic (exact) mass is 303 g/mol. The van der Waals surface area contributed by atoms with Crippen LogP contribution in [0.1, 0.15) is 24.0 Å². The number of hydrogen-bond donors (Lipinski definition) is 2. The number of rotatable bonds is 6. The maximum atomic E-state index is 12.0. The van der Waals surface area contributed by atoms with E-state index in [4.69, 9.17) is 9.15 Å². The number of aryl methyl sites for hydroxylation is 1. The van der Waals surface area contributed by atoms with Gasteiger partial charge in [-0.1, -0.05) is 12.1 Å². The molecule has 0 aliphatic heterocycles. The van der Waals surface area contributed by atoms with Crippen LogP contribution < -0.4 is 10.1 Å². The van der Waals surface area contributed by atoms with Crippen molar-refractivity contribution in [2.24, 2.45) is 0 Å². The number of ether oxygens (including phenoxy) is 1. The summed E-state index contributed by atoms with van der Waals surface area (Å²) in [7, 11) is 1.60. The minimum absolute atomic E-state index is 0.0922. The van der Waals surface area contributed by atoms with E-state index in [9.17, 15) is 9.90 Å². The Hall–Kier alpha value is -2.27. The van der Waals surface area contributed by atoms with Crippen LogP contribution in [0.5, 0.6) is 5.75 Å². The number of hydrogen-bond acceptors (Lipinski definition) is 4. The molecular formula is C17H21NO4. The Morgan fingerprint density at radius 2 is 1.95 bits per heavy atom. The topological polar surface area (TPSA) is 71.7 Å². The molecule has 0 fully saturated rings. The van der Waals surface area contributed by atoms with E-state index in [1.165, 1.54) is 0 Å². The summed E-state index contributed by atoms with van der Waals surface area (Å²) < 4.78 is 10.5. The highest BCUT2D eigenvalue weighted by Gasteiger charge is 2.27. The third-order valence-corrected chi connectivity index (χ3v) is 3.42. The molecular weight excluding hydrogens is 282 g/mol. The van der Waals surface area contributed by atoms with Crippen molar-refractivity contribution in [2.45, 2.75) is 25.9 Å². The summed E-state index contributed by atoms with van der Waals surface area (Å²) in [6, 6.07) is 10.8. The molecule has 1 heterocycles. The van der Waals surface area contributed by atoms with E-state index in [0.29, 0.717) is 5.76 Å². The normalized spacial score (nSPS) is 13.5. The van der Waals surface area contributed by atoms with Gasteiger partial charge in [0.15, 0.2) is 0 Å². The van der Waals surface area contributed by atoms with Crippen molar-refractivity contribution in [2.75, 3.05) is 13.7 Å². The first-order valence-electron chi connectivity index (χ1n) is 7.09. The smallest absolute Gasteiger partial charge is 0.224 e. The number of benzene rings is 1. The fourth-order valence-corrected chi connectivity index (χ4v) is 2.07. The lowest BCUT2D eigenvalue weighted by Crippen LogP contribution is -2.39. The first-order chi connectivity index (χ1) is 10.4. The highest BCUT2D eigenvalue weighted by atomic mass is 16.5. The quantitative estimate of drug-likeness (QED) is 0.858. The van der Waals surface area contributed by atoms with Gasteiger partial charge in [-0.2, -0.15) is 0 Å². The van der Waals surface area contributed by atoms with Gasteiger partial charge in [0.1, 0.15) is 22.9 Å². The van der Waals surface area contributed by atoms with E-state index in [0.717, 1.165) is 17.1 Å². The van der Waals surface area contributed by atoms with Crippen molar-refractivity contribution >= 4 is 5.91 Å². The summed E-state index contributed by atoms with van der Waals surface area (Å²) >= 11 is 0. The molecule has 0 spiro atoms. The maximum Gasteiger partial charge on any atom is 0.224 e. The predicted octanol–water partition coefficient (Wildman–Crippen LogP) is 2.16. The van der Waals surface area contributed by atoms with E-state index < -0.39 is 5.60 Å². The molecule has 1 amide bonds. The molecule has 0 saturated carbocycles. The molecule has 2 aromatic rings. The first kappa shape index (κ1) is 16.1. The Kier molecular flexibility index (Phi) is 4.88. The Morgan fingerprint density at radius 1 is 1.27 bits per heavy atom. The third-order valence-electron chi connectivity index (χ3n) is 3.42. The zero-order chi connectivity index (χ0) is 16.2. The number of nitrogens with one attached hydrogen (secondary N) is 1. The fourth-order valence-electron chi connectivity index (χ4n) is 2.07. The Labute approximate surface area is 129 Å². The summed E-state index contributed by atoms with van der Waals surface area (Å²) in [6.07, 6.45) is 0.247. The van der Waals surface area contributed by atoms with E-state index >= 15 is 0 Å². The Morgan fingerprint density at radius 3 is 2.50 bits per heavy atom. The van der Waals surface area contributed by atoms with Crippen LogP contribution >= 0.6 is 0 Å². The van der Waals surface area contributed by atoms with Crippen molar-refractivity contribution in [1.29, 1.82) is 0 Å². The minimum Gasteiger partial charge on any atom is -0.497 e. The van der Waals surface area contributed by atoms with Gasteiger partial charge >= 0.3 is 0 Å². The number of carbonyl (C=O) groups excluding carboxylic acids is 1. The lowest BCUT2D eigenvalue weighted by atomic mass is 10.0. The molecule has 2 N–H and O–H groups in total. The molecule has 1 atom stereocenters. The predicted molar refractivity (Wildman–Crippen MR) is 82.7 cm³/mol. The summed E-state index contributed by atoms with van der Waals surface area (Å²) in [5, 5.41) is 13.1. The van der Waals surface area contributed by atoms with Gasteiger partial charge < -0.3 is 19.6 Å². The van der Waals surface area contributed by atoms with Crippen LogP contribution in [-0.2, 0) is 16.8 Å². The molecule has 1 aromatic heterocycles. The average molecular weight is 303 g/mol. The van der Waals surface area contributed by atoms with E-state index in [1.807, 2.05) is 31.2 Å². The number of furan rings is 1. The van der Waals surface area contributed by atoms with Gasteiger partial charge in [-0.25, -0.2) is 0 Å². The lowest BCUT2D eigenvalue weighted by molar-refractivity contribution is -0.121. The zero-order valence-electron chi connectivity index (χ0n) is 13.1. The Balaban J connectivity index is 1.89. The van der Waals surface area contributed by atoms with Crippen LogP contribution in [0.25, 0.3) is 0 Å². The number of amides is 1. The van der Waals surface area contributed by atoms with Crippen molar-refractivity contribution < 1.29 is 19.1 Å². The molecule has 22 heavy (non-hydrogen) atoms. The van der Waals surface area contributed by atoms with Crippen LogP contribution in [0.15, 0.2) is 40.8 Å². The second-order valence-electron chi connectivity index (χ2n) is 5.49. The number of aliphatic hydroxyl groups is 1. The largest absolute Gasteiger partial charge is 0.497 e. The maximum absolute atomic E-state index is 12.0. The van der Waals surface area contributed by atoms with Crippen LogP contribution in [0.4, 0.5) is 0 Å². The summed E-state index contributed by atoms with van der Waals surface area (Å²) in [4.78, 5) is 12.0. The van der Waals surface area contributed by atoms with E-state index in [1.54, 1.807) is 26.2 Å². The lowest BCUT2D eigenvalue weighted by Gasteiger charge is -2.21. The van der Waals surface area contributed by atoms with Gasteiger partial charge in [-0.15, -0.1) is 0 Å². The summed E-state index contributed by atoms with van der Waals surface area (Å²) in [6.45, 7) is 3.51. The molecule has 2 rings (SSSR count). The van der Waals surface area contributed by atoms with Crippen molar-refractivity contribution in [3.8, 4) is 5.75 Å². The molecule has 1 aromatic carbocycles. The van der Waals surface area contributed by atoms with Gasteiger partial charge in [0.2, 0.25) is 5.91 Å². The minimum atomic E-state index is -1.23. The molecule has 0 aliphatic carbocycles. The number of carbonyl (C=O) groups is 1. The SMILES string of the molecule is COc1ccc(CC(=O)NC[C@@](C)(O)c2ccc(C)o2)cc1. The second-order valence-corrected chi connectivity index (χ2v) is 5.49. The molecule has 0 unspecified atom stereocenters. The van der Waals surface area contributed by atoms with Gasteiger partial charge in [0, 0.05) is 0 Å². The third kappa shape index (κ3) is 4.11. The first-order valence-corrected chi connectivity index (χ1v) is 7.09. The second kappa shape index (κ2) is 6.66. The van der Waals surface area contributed by atoms with Crippen molar-refractivity contribution in [1.82, 2.24) is 5.32 Å². The highest BCUT2D eigenvalue weighted by Crippen LogP contribution is 2.22. The summed E-state index contributed by atoms with van der Waals surface area (Å²) in [5.74, 6) is 1.75. The van der Waals surface area contributed by atoms with Gasteiger partial charge in [0.25, 0.3) is 0 Å². The molecule has 0 aliphatic rings. The van der Waals surface area contributed by atoms with E-state index in [-0.39, 0.29) is 18.9 Å². The van der Waals surface area contributed by atoms with Gasteiger partial charge in [0.05, 0.1) is 20.1 Å². The highest BCUT2D eigenvalue weighted by molar-refractivity contribution is 5.78.